The average Bonchev–Trinajstić information content (AvgIpc) is 3.16. The molecular weight excluding hydrogens is 418 g/mol. The third kappa shape index (κ3) is 3.52. The molecule has 0 aromatic heterocycles. The summed E-state index contributed by atoms with van der Waals surface area (Å²) in [6.07, 6.45) is -0.864. The SMILES string of the molecule is COC(=O)C12CN(Cc3ccccc3)C(=O)C1OOC(c1ccccc1)(c1ccccc1)C2. The minimum atomic E-state index is -1.22. The zero-order valence-corrected chi connectivity index (χ0v) is 18.3. The number of likely N-dealkylation sites (tertiary alicyclic amines) is 1. The van der Waals surface area contributed by atoms with Gasteiger partial charge in [-0.05, 0) is 16.7 Å². The molecule has 6 nitrogen and oxygen atoms in total. The Labute approximate surface area is 192 Å². The number of rotatable bonds is 5. The predicted molar refractivity (Wildman–Crippen MR) is 121 cm³/mol. The van der Waals surface area contributed by atoms with Crippen molar-refractivity contribution in [1.82, 2.24) is 4.90 Å². The van der Waals surface area contributed by atoms with Gasteiger partial charge in [0, 0.05) is 19.5 Å². The highest BCUT2D eigenvalue weighted by Gasteiger charge is 2.66. The van der Waals surface area contributed by atoms with E-state index < -0.39 is 23.1 Å². The van der Waals surface area contributed by atoms with Crippen molar-refractivity contribution in [2.24, 2.45) is 5.41 Å². The van der Waals surface area contributed by atoms with E-state index in [1.807, 2.05) is 91.0 Å². The highest BCUT2D eigenvalue weighted by Crippen LogP contribution is 2.53. The fourth-order valence-electron chi connectivity index (χ4n) is 5.06. The van der Waals surface area contributed by atoms with Crippen LogP contribution in [-0.2, 0) is 36.2 Å². The monoisotopic (exact) mass is 443 g/mol. The van der Waals surface area contributed by atoms with E-state index >= 15 is 0 Å². The van der Waals surface area contributed by atoms with Gasteiger partial charge in [0.25, 0.3) is 5.91 Å². The van der Waals surface area contributed by atoms with E-state index in [0.29, 0.717) is 6.54 Å². The first-order valence-corrected chi connectivity index (χ1v) is 11.0. The van der Waals surface area contributed by atoms with Crippen molar-refractivity contribution in [2.75, 3.05) is 13.7 Å². The van der Waals surface area contributed by atoms with Gasteiger partial charge >= 0.3 is 5.97 Å². The van der Waals surface area contributed by atoms with Crippen molar-refractivity contribution in [3.63, 3.8) is 0 Å². The number of hydrogen-bond acceptors (Lipinski definition) is 5. The molecule has 2 saturated heterocycles. The third-order valence-electron chi connectivity index (χ3n) is 6.65. The normalized spacial score (nSPS) is 23.7. The van der Waals surface area contributed by atoms with E-state index in [1.165, 1.54) is 7.11 Å². The fourth-order valence-corrected chi connectivity index (χ4v) is 5.06. The van der Waals surface area contributed by atoms with Gasteiger partial charge in [0.2, 0.25) is 0 Å². The van der Waals surface area contributed by atoms with E-state index in [0.717, 1.165) is 16.7 Å². The van der Waals surface area contributed by atoms with Gasteiger partial charge in [0.05, 0.1) is 7.11 Å². The Bertz CT molecular complexity index is 1100. The lowest BCUT2D eigenvalue weighted by Crippen LogP contribution is -2.55. The van der Waals surface area contributed by atoms with Crippen LogP contribution >= 0.6 is 0 Å². The van der Waals surface area contributed by atoms with Crippen molar-refractivity contribution >= 4 is 11.9 Å². The lowest BCUT2D eigenvalue weighted by molar-refractivity contribution is -0.413. The van der Waals surface area contributed by atoms with Crippen LogP contribution in [-0.4, -0.2) is 36.5 Å². The lowest BCUT2D eigenvalue weighted by Gasteiger charge is -2.45. The van der Waals surface area contributed by atoms with Gasteiger partial charge in [-0.3, -0.25) is 9.59 Å². The van der Waals surface area contributed by atoms with E-state index in [-0.39, 0.29) is 18.9 Å². The molecule has 0 bridgehead atoms. The number of amides is 1. The summed E-state index contributed by atoms with van der Waals surface area (Å²) < 4.78 is 5.25. The Morgan fingerprint density at radius 3 is 2.03 bits per heavy atom. The highest BCUT2D eigenvalue weighted by atomic mass is 17.2. The second-order valence-electron chi connectivity index (χ2n) is 8.62. The summed E-state index contributed by atoms with van der Waals surface area (Å²) in [5.74, 6) is -0.755. The van der Waals surface area contributed by atoms with Crippen molar-refractivity contribution in [2.45, 2.75) is 24.7 Å². The molecule has 0 radical (unpaired) electrons. The summed E-state index contributed by atoms with van der Waals surface area (Å²) in [6.45, 7) is 0.560. The number of fused-ring (bicyclic) bond motifs is 1. The highest BCUT2D eigenvalue weighted by molar-refractivity contribution is 5.94. The molecule has 33 heavy (non-hydrogen) atoms. The molecule has 0 saturated carbocycles. The number of hydrogen-bond donors (Lipinski definition) is 0. The quantitative estimate of drug-likeness (QED) is 0.443. The third-order valence-corrected chi connectivity index (χ3v) is 6.65. The average molecular weight is 443 g/mol. The minimum absolute atomic E-state index is 0.183. The molecule has 2 unspecified atom stereocenters. The maximum Gasteiger partial charge on any atom is 0.317 e. The lowest BCUT2D eigenvalue weighted by atomic mass is 9.69. The van der Waals surface area contributed by atoms with Gasteiger partial charge in [-0.15, -0.1) is 0 Å². The Balaban J connectivity index is 1.59. The number of ether oxygens (including phenoxy) is 1. The smallest absolute Gasteiger partial charge is 0.317 e. The molecule has 0 spiro atoms. The zero-order chi connectivity index (χ0) is 22.9. The van der Waals surface area contributed by atoms with Gasteiger partial charge in [-0.1, -0.05) is 91.0 Å². The van der Waals surface area contributed by atoms with Gasteiger partial charge in [-0.2, -0.15) is 0 Å². The number of methoxy groups -OCH3 is 1. The number of carbonyl (C=O) groups excluding carboxylic acids is 2. The summed E-state index contributed by atoms with van der Waals surface area (Å²) >= 11 is 0. The van der Waals surface area contributed by atoms with Gasteiger partial charge < -0.3 is 9.64 Å². The van der Waals surface area contributed by atoms with Crippen LogP contribution in [0, 0.1) is 5.41 Å². The Morgan fingerprint density at radius 2 is 1.48 bits per heavy atom. The number of esters is 1. The van der Waals surface area contributed by atoms with E-state index in [9.17, 15) is 9.59 Å². The van der Waals surface area contributed by atoms with E-state index in [4.69, 9.17) is 14.5 Å². The first-order valence-electron chi connectivity index (χ1n) is 11.0. The second-order valence-corrected chi connectivity index (χ2v) is 8.62. The van der Waals surface area contributed by atoms with Crippen LogP contribution in [0.4, 0.5) is 0 Å². The molecule has 6 heteroatoms. The summed E-state index contributed by atoms with van der Waals surface area (Å²) in [5, 5.41) is 0. The molecule has 168 valence electrons. The van der Waals surface area contributed by atoms with Crippen LogP contribution in [0.5, 0.6) is 0 Å². The maximum absolute atomic E-state index is 13.4. The summed E-state index contributed by atoms with van der Waals surface area (Å²) in [7, 11) is 1.35. The first kappa shape index (κ1) is 21.4. The molecule has 1 amide bonds. The molecule has 3 aromatic carbocycles. The Morgan fingerprint density at radius 1 is 0.939 bits per heavy atom. The molecule has 2 heterocycles. The molecule has 2 fully saturated rings. The summed E-state index contributed by atoms with van der Waals surface area (Å²) in [6, 6.07) is 29.0. The van der Waals surface area contributed by atoms with Crippen LogP contribution in [0.2, 0.25) is 0 Å². The number of carbonyl (C=O) groups is 2. The van der Waals surface area contributed by atoms with Gasteiger partial charge in [-0.25, -0.2) is 9.78 Å². The molecule has 0 aliphatic carbocycles. The van der Waals surface area contributed by atoms with Crippen LogP contribution in [0.15, 0.2) is 91.0 Å². The summed E-state index contributed by atoms with van der Waals surface area (Å²) in [4.78, 5) is 40.3. The molecule has 2 aliphatic heterocycles. The van der Waals surface area contributed by atoms with E-state index in [1.54, 1.807) is 4.90 Å². The fraction of sp³-hybridized carbons (Fsp3) is 0.259. The van der Waals surface area contributed by atoms with Crippen LogP contribution in [0.25, 0.3) is 0 Å². The van der Waals surface area contributed by atoms with Crippen LogP contribution < -0.4 is 0 Å². The minimum Gasteiger partial charge on any atom is -0.468 e. The van der Waals surface area contributed by atoms with Crippen molar-refractivity contribution < 1.29 is 24.1 Å². The van der Waals surface area contributed by atoms with Crippen LogP contribution in [0.1, 0.15) is 23.1 Å². The predicted octanol–water partition coefficient (Wildman–Crippen LogP) is 3.85. The molecule has 2 atom stereocenters. The topological polar surface area (TPSA) is 65.1 Å². The second kappa shape index (κ2) is 8.46. The first-order chi connectivity index (χ1) is 16.1. The largest absolute Gasteiger partial charge is 0.468 e. The van der Waals surface area contributed by atoms with Crippen LogP contribution in [0.3, 0.4) is 0 Å². The van der Waals surface area contributed by atoms with Crippen molar-refractivity contribution in [3.05, 3.63) is 108 Å². The molecule has 3 aromatic rings. The Kier molecular flexibility index (Phi) is 5.48. The summed E-state index contributed by atoms with van der Waals surface area (Å²) in [5.41, 5.74) is 0.363. The molecule has 0 N–H and O–H groups in total. The van der Waals surface area contributed by atoms with Crippen molar-refractivity contribution in [1.29, 1.82) is 0 Å². The maximum atomic E-state index is 13.4. The van der Waals surface area contributed by atoms with Gasteiger partial charge in [0.1, 0.15) is 5.41 Å². The van der Waals surface area contributed by atoms with Gasteiger partial charge in [0.15, 0.2) is 11.7 Å². The standard InChI is InChI=1S/C27H25NO5/c1-31-25(30)26-18-27(21-13-7-3-8-14-21,22-15-9-4-10-16-22)33-32-23(26)24(29)28(19-26)17-20-11-5-2-6-12-20/h2-16,23H,17-19H2,1H3. The molecular formula is C27H25NO5. The Hall–Kier alpha value is -3.48. The van der Waals surface area contributed by atoms with Crippen molar-refractivity contribution in [3.8, 4) is 0 Å². The zero-order valence-electron chi connectivity index (χ0n) is 18.3. The molecule has 2 aliphatic rings. The molecule has 5 rings (SSSR count). The number of nitrogens with zero attached hydrogens (tertiary/aromatic N) is 1. The number of benzene rings is 3. The van der Waals surface area contributed by atoms with E-state index in [2.05, 4.69) is 0 Å².